The number of allylic oxidation sites excluding steroid dienone is 8. The van der Waals surface area contributed by atoms with Crippen molar-refractivity contribution in [3.8, 4) is 0 Å². The average molecular weight is 329 g/mol. The van der Waals surface area contributed by atoms with Crippen LogP contribution in [-0.2, 0) is 0 Å². The van der Waals surface area contributed by atoms with Crippen LogP contribution >= 0.6 is 0 Å². The second-order valence-corrected chi connectivity index (χ2v) is 7.11. The van der Waals surface area contributed by atoms with Crippen molar-refractivity contribution in [2.75, 3.05) is 0 Å². The Morgan fingerprint density at radius 1 is 0.250 bits per heavy atom. The van der Waals surface area contributed by atoms with Gasteiger partial charge in [-0.2, -0.15) is 0 Å². The van der Waals surface area contributed by atoms with Gasteiger partial charge >= 0.3 is 0 Å². The van der Waals surface area contributed by atoms with Gasteiger partial charge < -0.3 is 0 Å². The minimum absolute atomic E-state index is 1.24. The fourth-order valence-electron chi connectivity index (χ4n) is 3.18. The maximum absolute atomic E-state index is 2.38. The molecular formula is C24H40. The summed E-state index contributed by atoms with van der Waals surface area (Å²) in [4.78, 5) is 0. The van der Waals surface area contributed by atoms with Crippen LogP contribution in [0.15, 0.2) is 48.6 Å². The van der Waals surface area contributed by atoms with Gasteiger partial charge in [0.2, 0.25) is 0 Å². The Morgan fingerprint density at radius 3 is 0.917 bits per heavy atom. The van der Waals surface area contributed by atoms with E-state index in [9.17, 15) is 0 Å². The first-order chi connectivity index (χ1) is 12.0. The van der Waals surface area contributed by atoms with E-state index in [1.165, 1.54) is 103 Å². The summed E-state index contributed by atoms with van der Waals surface area (Å²) in [6.45, 7) is 0. The zero-order valence-corrected chi connectivity index (χ0v) is 15.9. The predicted octanol–water partition coefficient (Wildman–Crippen LogP) is 8.47. The van der Waals surface area contributed by atoms with E-state index in [2.05, 4.69) is 48.6 Å². The third-order valence-electron chi connectivity index (χ3n) is 4.76. The molecule has 0 radical (unpaired) electrons. The van der Waals surface area contributed by atoms with E-state index in [-0.39, 0.29) is 0 Å². The topological polar surface area (TPSA) is 0 Å². The van der Waals surface area contributed by atoms with Crippen molar-refractivity contribution in [2.24, 2.45) is 0 Å². The third-order valence-corrected chi connectivity index (χ3v) is 4.76. The van der Waals surface area contributed by atoms with Gasteiger partial charge in [0.05, 0.1) is 0 Å². The summed E-state index contributed by atoms with van der Waals surface area (Å²) in [6, 6.07) is 0. The molecule has 0 aliphatic heterocycles. The maximum Gasteiger partial charge on any atom is -0.0348 e. The Morgan fingerprint density at radius 2 is 0.542 bits per heavy atom. The van der Waals surface area contributed by atoms with Crippen LogP contribution in [0, 0.1) is 0 Å². The number of rotatable bonds is 0. The number of hydrogen-bond donors (Lipinski definition) is 0. The van der Waals surface area contributed by atoms with Gasteiger partial charge in [-0.3, -0.25) is 0 Å². The van der Waals surface area contributed by atoms with Gasteiger partial charge in [0, 0.05) is 0 Å². The van der Waals surface area contributed by atoms with Gasteiger partial charge in [-0.05, 0) is 51.4 Å². The zero-order chi connectivity index (χ0) is 17.0. The summed E-state index contributed by atoms with van der Waals surface area (Å²) in [5.41, 5.74) is 0. The van der Waals surface area contributed by atoms with Gasteiger partial charge in [-0.25, -0.2) is 0 Å². The van der Waals surface area contributed by atoms with Crippen LogP contribution in [0.5, 0.6) is 0 Å². The highest BCUT2D eigenvalue weighted by Gasteiger charge is 1.92. The zero-order valence-electron chi connectivity index (χ0n) is 15.9. The lowest BCUT2D eigenvalue weighted by atomic mass is 10.0. The second-order valence-electron chi connectivity index (χ2n) is 7.11. The van der Waals surface area contributed by atoms with Crippen molar-refractivity contribution in [2.45, 2.75) is 103 Å². The van der Waals surface area contributed by atoms with Crippen molar-refractivity contribution in [3.63, 3.8) is 0 Å². The third kappa shape index (κ3) is 15.8. The summed E-state index contributed by atoms with van der Waals surface area (Å²) in [7, 11) is 0. The molecule has 0 N–H and O–H groups in total. The van der Waals surface area contributed by atoms with Gasteiger partial charge in [-0.1, -0.05) is 100.0 Å². The minimum Gasteiger partial charge on any atom is -0.0885 e. The molecule has 0 heteroatoms. The molecule has 0 amide bonds. The van der Waals surface area contributed by atoms with E-state index in [0.717, 1.165) is 0 Å². The molecule has 0 spiro atoms. The summed E-state index contributed by atoms with van der Waals surface area (Å²) in [5.74, 6) is 0. The van der Waals surface area contributed by atoms with E-state index in [4.69, 9.17) is 0 Å². The van der Waals surface area contributed by atoms with Crippen molar-refractivity contribution >= 4 is 0 Å². The van der Waals surface area contributed by atoms with Crippen LogP contribution in [0.4, 0.5) is 0 Å². The lowest BCUT2D eigenvalue weighted by molar-refractivity contribution is 0.566. The molecule has 0 atom stereocenters. The molecule has 0 aromatic carbocycles. The Labute approximate surface area is 151 Å². The minimum atomic E-state index is 1.24. The van der Waals surface area contributed by atoms with E-state index in [1.54, 1.807) is 0 Å². The summed E-state index contributed by atoms with van der Waals surface area (Å²) in [5, 5.41) is 0. The molecule has 2 rings (SSSR count). The molecule has 0 aromatic rings. The normalized spacial score (nSPS) is 21.3. The molecule has 24 heavy (non-hydrogen) atoms. The van der Waals surface area contributed by atoms with E-state index >= 15 is 0 Å². The molecule has 2 aliphatic rings. The molecule has 2 aliphatic carbocycles. The SMILES string of the molecule is C1=CC=CCCCCCCC=C1.C1=CCCCCCCCCCC1. The van der Waals surface area contributed by atoms with Crippen LogP contribution in [0.3, 0.4) is 0 Å². The second kappa shape index (κ2) is 18.3. The van der Waals surface area contributed by atoms with Gasteiger partial charge in [0.15, 0.2) is 0 Å². The molecule has 0 nitrogen and oxygen atoms in total. The smallest absolute Gasteiger partial charge is 0.0348 e. The van der Waals surface area contributed by atoms with Gasteiger partial charge in [-0.15, -0.1) is 0 Å². The first-order valence-electron chi connectivity index (χ1n) is 10.6. The highest BCUT2D eigenvalue weighted by Crippen LogP contribution is 2.12. The van der Waals surface area contributed by atoms with Crippen molar-refractivity contribution in [3.05, 3.63) is 48.6 Å². The molecule has 0 heterocycles. The highest BCUT2D eigenvalue weighted by molar-refractivity contribution is 5.11. The summed E-state index contributed by atoms with van der Waals surface area (Å²) in [6.07, 6.45) is 40.0. The van der Waals surface area contributed by atoms with Crippen molar-refractivity contribution in [1.82, 2.24) is 0 Å². The van der Waals surface area contributed by atoms with E-state index in [1.807, 2.05) is 0 Å². The first-order valence-corrected chi connectivity index (χ1v) is 10.6. The van der Waals surface area contributed by atoms with Crippen LogP contribution in [0.25, 0.3) is 0 Å². The van der Waals surface area contributed by atoms with Crippen molar-refractivity contribution in [1.29, 1.82) is 0 Å². The standard InChI is InChI=1S/C12H22.C12H18/c2*1-2-4-6-8-10-12-11-9-7-5-3-1/h1-2H,3-12H2;1-6H,7-12H2. The summed E-state index contributed by atoms with van der Waals surface area (Å²) < 4.78 is 0. The molecular weight excluding hydrogens is 288 g/mol. The quantitative estimate of drug-likeness (QED) is 0.391. The molecule has 0 fully saturated rings. The lowest BCUT2D eigenvalue weighted by Crippen LogP contribution is -1.82. The van der Waals surface area contributed by atoms with Gasteiger partial charge in [0.1, 0.15) is 0 Å². The lowest BCUT2D eigenvalue weighted by Gasteiger charge is -2.02. The van der Waals surface area contributed by atoms with E-state index in [0.29, 0.717) is 0 Å². The van der Waals surface area contributed by atoms with Crippen molar-refractivity contribution < 1.29 is 0 Å². The van der Waals surface area contributed by atoms with Crippen LogP contribution < -0.4 is 0 Å². The fourth-order valence-corrected chi connectivity index (χ4v) is 3.18. The monoisotopic (exact) mass is 328 g/mol. The molecule has 136 valence electrons. The molecule has 0 saturated heterocycles. The molecule has 0 bridgehead atoms. The largest absolute Gasteiger partial charge is 0.0885 e. The predicted molar refractivity (Wildman–Crippen MR) is 110 cm³/mol. The van der Waals surface area contributed by atoms with Gasteiger partial charge in [0.25, 0.3) is 0 Å². The average Bonchev–Trinajstić information content (AvgIpc) is 2.56. The van der Waals surface area contributed by atoms with Crippen LogP contribution in [-0.4, -0.2) is 0 Å². The Balaban J connectivity index is 0.000000240. The van der Waals surface area contributed by atoms with Crippen LogP contribution in [0.2, 0.25) is 0 Å². The molecule has 0 unspecified atom stereocenters. The summed E-state index contributed by atoms with van der Waals surface area (Å²) >= 11 is 0. The molecule has 0 saturated carbocycles. The van der Waals surface area contributed by atoms with E-state index < -0.39 is 0 Å². The Hall–Kier alpha value is -1.04. The Kier molecular flexibility index (Phi) is 16.0. The van der Waals surface area contributed by atoms with Crippen LogP contribution in [0.1, 0.15) is 103 Å². The Bertz CT molecular complexity index is 322. The number of hydrogen-bond acceptors (Lipinski definition) is 0. The fraction of sp³-hybridized carbons (Fsp3) is 0.667. The maximum atomic E-state index is 2.38. The first kappa shape index (κ1) is 21.0. The molecule has 0 aromatic heterocycles. The highest BCUT2D eigenvalue weighted by atomic mass is 14.0.